The van der Waals surface area contributed by atoms with Crippen LogP contribution in [-0.2, 0) is 16.3 Å². The quantitative estimate of drug-likeness (QED) is 0.831. The van der Waals surface area contributed by atoms with E-state index in [9.17, 15) is 8.42 Å². The Morgan fingerprint density at radius 2 is 1.46 bits per heavy atom. The minimum atomic E-state index is -3.34. The minimum Gasteiger partial charge on any atom is -0.373 e. The van der Waals surface area contributed by atoms with Gasteiger partial charge in [-0.1, -0.05) is 60.7 Å². The van der Waals surface area contributed by atoms with Gasteiger partial charge in [-0.15, -0.1) is 0 Å². The average Bonchev–Trinajstić information content (AvgIpc) is 3.09. The zero-order valence-electron chi connectivity index (χ0n) is 14.0. The van der Waals surface area contributed by atoms with Gasteiger partial charge in [0.2, 0.25) is 0 Å². The first-order valence-corrected chi connectivity index (χ1v) is 10.2. The van der Waals surface area contributed by atoms with Crippen molar-refractivity contribution in [3.63, 3.8) is 0 Å². The Kier molecular flexibility index (Phi) is 5.05. The summed E-state index contributed by atoms with van der Waals surface area (Å²) < 4.78 is 25.3. The van der Waals surface area contributed by atoms with Crippen molar-refractivity contribution < 1.29 is 8.42 Å². The number of sulfone groups is 1. The van der Waals surface area contributed by atoms with E-state index in [0.717, 1.165) is 42.8 Å². The molecule has 1 saturated heterocycles. The highest BCUT2D eigenvalue weighted by Crippen LogP contribution is 2.30. The maximum absolute atomic E-state index is 12.6. The van der Waals surface area contributed by atoms with Crippen LogP contribution in [0.2, 0.25) is 0 Å². The van der Waals surface area contributed by atoms with Gasteiger partial charge in [-0.3, -0.25) is 0 Å². The molecule has 1 fully saturated rings. The first-order valence-electron chi connectivity index (χ1n) is 8.33. The Morgan fingerprint density at radius 3 is 2.00 bits per heavy atom. The van der Waals surface area contributed by atoms with Gasteiger partial charge in [-0.05, 0) is 24.0 Å². The van der Waals surface area contributed by atoms with Gasteiger partial charge in [0.25, 0.3) is 0 Å². The van der Waals surface area contributed by atoms with E-state index >= 15 is 0 Å². The van der Waals surface area contributed by atoms with Gasteiger partial charge in [-0.25, -0.2) is 8.42 Å². The number of hydrogen-bond acceptors (Lipinski definition) is 3. The molecule has 24 heavy (non-hydrogen) atoms. The summed E-state index contributed by atoms with van der Waals surface area (Å²) in [6.45, 7) is 1.85. The predicted octanol–water partition coefficient (Wildman–Crippen LogP) is 3.74. The van der Waals surface area contributed by atoms with Crippen LogP contribution in [0, 0.1) is 0 Å². The van der Waals surface area contributed by atoms with Crippen LogP contribution in [-0.4, -0.2) is 32.7 Å². The lowest BCUT2D eigenvalue weighted by Crippen LogP contribution is -2.23. The van der Waals surface area contributed by atoms with E-state index in [2.05, 4.69) is 17.0 Å². The molecule has 3 nitrogen and oxygen atoms in total. The van der Waals surface area contributed by atoms with Crippen molar-refractivity contribution in [1.82, 2.24) is 4.90 Å². The molecule has 1 aliphatic rings. The molecule has 126 valence electrons. The van der Waals surface area contributed by atoms with Gasteiger partial charge in [0.1, 0.15) is 0 Å². The Labute approximate surface area is 144 Å². The van der Waals surface area contributed by atoms with E-state index in [1.54, 1.807) is 0 Å². The summed E-state index contributed by atoms with van der Waals surface area (Å²) in [5, 5.41) is 0. The number of hydrogen-bond donors (Lipinski definition) is 0. The third-order valence-electron chi connectivity index (χ3n) is 4.37. The van der Waals surface area contributed by atoms with Crippen molar-refractivity contribution in [1.29, 1.82) is 0 Å². The molecule has 0 aliphatic carbocycles. The van der Waals surface area contributed by atoms with Gasteiger partial charge in [-0.2, -0.15) is 0 Å². The fourth-order valence-corrected chi connectivity index (χ4v) is 4.49. The zero-order chi connectivity index (χ0) is 17.0. The van der Waals surface area contributed by atoms with Crippen LogP contribution < -0.4 is 0 Å². The summed E-state index contributed by atoms with van der Waals surface area (Å²) in [5.74, 6) is 0. The lowest BCUT2D eigenvalue weighted by molar-refractivity contribution is 0.419. The molecule has 0 N–H and O–H groups in total. The van der Waals surface area contributed by atoms with Gasteiger partial charge >= 0.3 is 0 Å². The smallest absolute Gasteiger partial charge is 0.177 e. The van der Waals surface area contributed by atoms with Crippen molar-refractivity contribution in [3.05, 3.63) is 77.5 Å². The molecule has 0 bridgehead atoms. The first-order chi connectivity index (χ1) is 11.6. The molecule has 0 unspecified atom stereocenters. The normalized spacial score (nSPS) is 16.1. The monoisotopic (exact) mass is 341 g/mol. The SMILES string of the molecule is CS(=O)(=O)/C(=C(\Cc1ccccc1)N1CCCC1)c1ccccc1. The van der Waals surface area contributed by atoms with E-state index in [0.29, 0.717) is 11.3 Å². The topological polar surface area (TPSA) is 37.4 Å². The summed E-state index contributed by atoms with van der Waals surface area (Å²) >= 11 is 0. The molecule has 0 radical (unpaired) electrons. The third kappa shape index (κ3) is 3.88. The number of rotatable bonds is 5. The second-order valence-electron chi connectivity index (χ2n) is 6.27. The number of nitrogens with zero attached hydrogens (tertiary/aromatic N) is 1. The third-order valence-corrected chi connectivity index (χ3v) is 5.58. The van der Waals surface area contributed by atoms with Crippen LogP contribution >= 0.6 is 0 Å². The summed E-state index contributed by atoms with van der Waals surface area (Å²) in [4.78, 5) is 2.71. The molecular formula is C20H23NO2S. The maximum atomic E-state index is 12.6. The average molecular weight is 341 g/mol. The Morgan fingerprint density at radius 1 is 0.917 bits per heavy atom. The van der Waals surface area contributed by atoms with Crippen LogP contribution in [0.25, 0.3) is 4.91 Å². The molecule has 1 heterocycles. The van der Waals surface area contributed by atoms with E-state index in [1.807, 2.05) is 48.5 Å². The summed E-state index contributed by atoms with van der Waals surface area (Å²) in [7, 11) is -3.34. The molecule has 0 saturated carbocycles. The van der Waals surface area contributed by atoms with Crippen LogP contribution in [0.15, 0.2) is 66.4 Å². The lowest BCUT2D eigenvalue weighted by atomic mass is 10.1. The largest absolute Gasteiger partial charge is 0.373 e. The van der Waals surface area contributed by atoms with Crippen LogP contribution in [0.1, 0.15) is 24.0 Å². The van der Waals surface area contributed by atoms with E-state index in [1.165, 1.54) is 6.26 Å². The predicted molar refractivity (Wildman–Crippen MR) is 99.2 cm³/mol. The van der Waals surface area contributed by atoms with Crippen LogP contribution in [0.5, 0.6) is 0 Å². The van der Waals surface area contributed by atoms with Crippen molar-refractivity contribution in [3.8, 4) is 0 Å². The highest BCUT2D eigenvalue weighted by molar-refractivity contribution is 8.00. The highest BCUT2D eigenvalue weighted by atomic mass is 32.2. The van der Waals surface area contributed by atoms with Gasteiger partial charge < -0.3 is 4.90 Å². The second-order valence-corrected chi connectivity index (χ2v) is 8.22. The van der Waals surface area contributed by atoms with Crippen molar-refractivity contribution in [2.75, 3.05) is 19.3 Å². The van der Waals surface area contributed by atoms with Crippen LogP contribution in [0.3, 0.4) is 0 Å². The van der Waals surface area contributed by atoms with E-state index in [4.69, 9.17) is 0 Å². The second kappa shape index (κ2) is 7.22. The molecule has 3 rings (SSSR count). The lowest BCUT2D eigenvalue weighted by Gasteiger charge is -2.25. The number of likely N-dealkylation sites (tertiary alicyclic amines) is 1. The Balaban J connectivity index is 2.16. The molecule has 4 heteroatoms. The standard InChI is InChI=1S/C20H23NO2S/c1-24(22,23)20(18-12-6-3-7-13-18)19(21-14-8-9-15-21)16-17-10-4-2-5-11-17/h2-7,10-13H,8-9,14-16H2,1H3/b20-19+. The van der Waals surface area contributed by atoms with Gasteiger partial charge in [0, 0.05) is 31.5 Å². The fourth-order valence-electron chi connectivity index (χ4n) is 3.30. The molecule has 2 aromatic carbocycles. The minimum absolute atomic E-state index is 0.467. The van der Waals surface area contributed by atoms with Crippen molar-refractivity contribution in [2.45, 2.75) is 19.3 Å². The van der Waals surface area contributed by atoms with Crippen molar-refractivity contribution in [2.24, 2.45) is 0 Å². The molecule has 2 aromatic rings. The zero-order valence-corrected chi connectivity index (χ0v) is 14.8. The molecule has 0 aromatic heterocycles. The summed E-state index contributed by atoms with van der Waals surface area (Å²) in [6.07, 6.45) is 4.18. The Hall–Kier alpha value is -2.07. The van der Waals surface area contributed by atoms with Crippen molar-refractivity contribution >= 4 is 14.7 Å². The molecule has 1 aliphatic heterocycles. The van der Waals surface area contributed by atoms with E-state index < -0.39 is 9.84 Å². The first kappa shape index (κ1) is 16.8. The van der Waals surface area contributed by atoms with Crippen LogP contribution in [0.4, 0.5) is 0 Å². The number of allylic oxidation sites excluding steroid dienone is 1. The summed E-state index contributed by atoms with van der Waals surface area (Å²) in [6, 6.07) is 19.6. The fraction of sp³-hybridized carbons (Fsp3) is 0.300. The number of benzene rings is 2. The molecule has 0 amide bonds. The van der Waals surface area contributed by atoms with Gasteiger partial charge in [0.05, 0.1) is 4.91 Å². The molecule has 0 atom stereocenters. The van der Waals surface area contributed by atoms with Gasteiger partial charge in [0.15, 0.2) is 9.84 Å². The molecule has 0 spiro atoms. The summed E-state index contributed by atoms with van der Waals surface area (Å²) in [5.41, 5.74) is 2.83. The Bertz CT molecular complexity index is 805. The maximum Gasteiger partial charge on any atom is 0.177 e. The highest BCUT2D eigenvalue weighted by Gasteiger charge is 2.25. The van der Waals surface area contributed by atoms with E-state index in [-0.39, 0.29) is 0 Å². The molecular weight excluding hydrogens is 318 g/mol.